The van der Waals surface area contributed by atoms with Crippen molar-refractivity contribution in [1.29, 1.82) is 0 Å². The zero-order chi connectivity index (χ0) is 18.9. The van der Waals surface area contributed by atoms with E-state index in [1.807, 2.05) is 23.6 Å². The van der Waals surface area contributed by atoms with Gasteiger partial charge < -0.3 is 4.90 Å². The van der Waals surface area contributed by atoms with Gasteiger partial charge in [-0.3, -0.25) is 4.79 Å². The van der Waals surface area contributed by atoms with Crippen LogP contribution in [-0.2, 0) is 10.3 Å². The predicted molar refractivity (Wildman–Crippen MR) is 101 cm³/mol. The fourth-order valence-electron chi connectivity index (χ4n) is 4.15. The van der Waals surface area contributed by atoms with Gasteiger partial charge in [0.15, 0.2) is 5.82 Å². The molecule has 0 saturated heterocycles. The summed E-state index contributed by atoms with van der Waals surface area (Å²) >= 11 is 0. The number of tetrazole rings is 1. The van der Waals surface area contributed by atoms with Crippen LogP contribution in [0.5, 0.6) is 0 Å². The monoisotopic (exact) mass is 355 g/mol. The molecule has 1 fully saturated rings. The van der Waals surface area contributed by atoms with Gasteiger partial charge in [-0.05, 0) is 79.1 Å². The van der Waals surface area contributed by atoms with Crippen LogP contribution in [0.15, 0.2) is 18.2 Å². The Labute approximate surface area is 155 Å². The molecule has 0 unspecified atom stereocenters. The van der Waals surface area contributed by atoms with E-state index >= 15 is 0 Å². The number of hydrogen-bond acceptors (Lipinski definition) is 4. The Bertz CT molecular complexity index is 769. The first-order valence-corrected chi connectivity index (χ1v) is 9.51. The van der Waals surface area contributed by atoms with Crippen LogP contribution < -0.4 is 0 Å². The second-order valence-corrected chi connectivity index (χ2v) is 7.78. The molecule has 1 heterocycles. The lowest BCUT2D eigenvalue weighted by molar-refractivity contribution is -0.138. The average Bonchev–Trinajstić information content (AvgIpc) is 3.11. The minimum atomic E-state index is -0.444. The summed E-state index contributed by atoms with van der Waals surface area (Å²) in [5.41, 5.74) is 2.86. The van der Waals surface area contributed by atoms with Crippen LogP contribution in [0.3, 0.4) is 0 Å². The number of aromatic nitrogens is 4. The maximum atomic E-state index is 12.6. The number of nitrogens with zero attached hydrogens (tertiary/aromatic N) is 5. The van der Waals surface area contributed by atoms with Crippen molar-refractivity contribution in [3.63, 3.8) is 0 Å². The van der Waals surface area contributed by atoms with Crippen LogP contribution in [0, 0.1) is 19.8 Å². The van der Waals surface area contributed by atoms with E-state index in [0.717, 1.165) is 37.2 Å². The van der Waals surface area contributed by atoms with Crippen LogP contribution in [0.1, 0.15) is 62.9 Å². The Morgan fingerprint density at radius 2 is 1.85 bits per heavy atom. The van der Waals surface area contributed by atoms with E-state index in [2.05, 4.69) is 54.5 Å². The molecule has 3 rings (SSSR count). The molecule has 1 aromatic carbocycles. The summed E-state index contributed by atoms with van der Waals surface area (Å²) in [5, 5.41) is 12.7. The van der Waals surface area contributed by atoms with Crippen LogP contribution in [0.25, 0.3) is 5.69 Å². The first-order chi connectivity index (χ1) is 12.4. The van der Waals surface area contributed by atoms with Crippen molar-refractivity contribution in [2.75, 3.05) is 7.05 Å². The van der Waals surface area contributed by atoms with E-state index in [-0.39, 0.29) is 5.91 Å². The molecule has 0 spiro atoms. The number of benzene rings is 1. The largest absolute Gasteiger partial charge is 0.333 e. The molecule has 0 aliphatic heterocycles. The third-order valence-corrected chi connectivity index (χ3v) is 5.76. The van der Waals surface area contributed by atoms with Crippen LogP contribution in [-0.4, -0.2) is 38.1 Å². The van der Waals surface area contributed by atoms with E-state index in [4.69, 9.17) is 0 Å². The minimum Gasteiger partial charge on any atom is -0.333 e. The fourth-order valence-corrected chi connectivity index (χ4v) is 4.15. The number of carbonyl (C=O) groups excluding carboxylic acids is 1. The molecule has 26 heavy (non-hydrogen) atoms. The number of hydrogen-bond donors (Lipinski definition) is 0. The van der Waals surface area contributed by atoms with Gasteiger partial charge in [0.1, 0.15) is 5.54 Å². The van der Waals surface area contributed by atoms with Crippen molar-refractivity contribution in [2.45, 2.75) is 65.3 Å². The zero-order valence-electron chi connectivity index (χ0n) is 16.5. The first-order valence-electron chi connectivity index (χ1n) is 9.51. The third kappa shape index (κ3) is 3.24. The second kappa shape index (κ2) is 7.17. The van der Waals surface area contributed by atoms with Gasteiger partial charge in [-0.15, -0.1) is 5.10 Å². The van der Waals surface area contributed by atoms with Crippen molar-refractivity contribution in [1.82, 2.24) is 25.1 Å². The third-order valence-electron chi connectivity index (χ3n) is 5.76. The molecule has 6 nitrogen and oxygen atoms in total. The molecule has 1 saturated carbocycles. The van der Waals surface area contributed by atoms with E-state index in [1.165, 1.54) is 11.1 Å². The Morgan fingerprint density at radius 3 is 2.42 bits per heavy atom. The summed E-state index contributed by atoms with van der Waals surface area (Å²) < 4.78 is 1.83. The zero-order valence-corrected chi connectivity index (χ0v) is 16.5. The van der Waals surface area contributed by atoms with Gasteiger partial charge in [0.2, 0.25) is 5.91 Å². The van der Waals surface area contributed by atoms with Crippen molar-refractivity contribution in [3.05, 3.63) is 35.2 Å². The predicted octanol–water partition coefficient (Wildman–Crippen LogP) is 3.55. The summed E-state index contributed by atoms with van der Waals surface area (Å²) in [6.07, 6.45) is 4.41. The summed E-state index contributed by atoms with van der Waals surface area (Å²) in [6, 6.07) is 6.32. The highest BCUT2D eigenvalue weighted by Gasteiger charge is 2.45. The van der Waals surface area contributed by atoms with Crippen molar-refractivity contribution in [2.24, 2.45) is 5.92 Å². The molecule has 0 atom stereocenters. The van der Waals surface area contributed by atoms with Gasteiger partial charge in [0.05, 0.1) is 5.69 Å². The SMILES string of the molecule is CCC(=O)N(C)C1(c2nnnn2-c2cc(C)cc(C)c2)CCC(C)CC1. The van der Waals surface area contributed by atoms with Gasteiger partial charge in [0.25, 0.3) is 0 Å². The Hall–Kier alpha value is -2.24. The Morgan fingerprint density at radius 1 is 1.23 bits per heavy atom. The molecule has 1 aliphatic rings. The number of rotatable bonds is 4. The normalized spacial score (nSPS) is 23.0. The second-order valence-electron chi connectivity index (χ2n) is 7.78. The van der Waals surface area contributed by atoms with Crippen LogP contribution in [0.4, 0.5) is 0 Å². The summed E-state index contributed by atoms with van der Waals surface area (Å²) in [6.45, 7) is 8.33. The molecule has 140 valence electrons. The van der Waals surface area contributed by atoms with E-state index < -0.39 is 5.54 Å². The summed E-state index contributed by atoms with van der Waals surface area (Å²) in [7, 11) is 1.91. The Balaban J connectivity index is 2.12. The molecule has 0 bridgehead atoms. The summed E-state index contributed by atoms with van der Waals surface area (Å²) in [5.74, 6) is 1.58. The maximum Gasteiger partial charge on any atom is 0.222 e. The van der Waals surface area contributed by atoms with E-state index in [1.54, 1.807) is 0 Å². The molecule has 1 aromatic heterocycles. The highest BCUT2D eigenvalue weighted by Crippen LogP contribution is 2.43. The van der Waals surface area contributed by atoms with Crippen LogP contribution in [0.2, 0.25) is 0 Å². The molecule has 2 aromatic rings. The highest BCUT2D eigenvalue weighted by atomic mass is 16.2. The lowest BCUT2D eigenvalue weighted by Gasteiger charge is -2.44. The first kappa shape index (κ1) is 18.5. The molecular weight excluding hydrogens is 326 g/mol. The molecule has 1 amide bonds. The van der Waals surface area contributed by atoms with Crippen molar-refractivity contribution >= 4 is 5.91 Å². The molecule has 6 heteroatoms. The number of amides is 1. The minimum absolute atomic E-state index is 0.134. The number of carbonyl (C=O) groups is 1. The lowest BCUT2D eigenvalue weighted by atomic mass is 9.75. The molecule has 0 radical (unpaired) electrons. The van der Waals surface area contributed by atoms with Gasteiger partial charge in [-0.1, -0.05) is 19.9 Å². The standard InChI is InChI=1S/C20H29N5O/c1-6-18(26)24(5)20(9-7-14(2)8-10-20)19-21-22-23-25(19)17-12-15(3)11-16(4)13-17/h11-14H,6-10H2,1-5H3. The lowest BCUT2D eigenvalue weighted by Crippen LogP contribution is -2.50. The fraction of sp³-hybridized carbons (Fsp3) is 0.600. The van der Waals surface area contributed by atoms with Crippen LogP contribution >= 0.6 is 0 Å². The maximum absolute atomic E-state index is 12.6. The van der Waals surface area contributed by atoms with Gasteiger partial charge in [-0.2, -0.15) is 4.68 Å². The van der Waals surface area contributed by atoms with Gasteiger partial charge in [-0.25, -0.2) is 0 Å². The topological polar surface area (TPSA) is 63.9 Å². The van der Waals surface area contributed by atoms with Crippen molar-refractivity contribution in [3.8, 4) is 5.69 Å². The van der Waals surface area contributed by atoms with Gasteiger partial charge in [0, 0.05) is 13.5 Å². The molecule has 1 aliphatic carbocycles. The summed E-state index contributed by atoms with van der Waals surface area (Å²) in [4.78, 5) is 14.5. The van der Waals surface area contributed by atoms with Crippen molar-refractivity contribution < 1.29 is 4.79 Å². The van der Waals surface area contributed by atoms with Gasteiger partial charge >= 0.3 is 0 Å². The average molecular weight is 355 g/mol. The van der Waals surface area contributed by atoms with E-state index in [0.29, 0.717) is 12.3 Å². The quantitative estimate of drug-likeness (QED) is 0.841. The van der Waals surface area contributed by atoms with E-state index in [9.17, 15) is 4.79 Å². The molecular formula is C20H29N5O. The number of aryl methyl sites for hydroxylation is 2. The highest BCUT2D eigenvalue weighted by molar-refractivity contribution is 5.76. The molecule has 0 N–H and O–H groups in total. The Kier molecular flexibility index (Phi) is 5.12. The smallest absolute Gasteiger partial charge is 0.222 e.